The van der Waals surface area contributed by atoms with Crippen molar-refractivity contribution in [3.8, 4) is 0 Å². The van der Waals surface area contributed by atoms with E-state index in [1.54, 1.807) is 37.7 Å². The largest absolute Gasteiger partial charge is 0.444 e. The molecule has 212 valence electrons. The Morgan fingerprint density at radius 2 is 1.87 bits per heavy atom. The van der Waals surface area contributed by atoms with Crippen molar-refractivity contribution in [2.75, 3.05) is 18.4 Å². The van der Waals surface area contributed by atoms with E-state index in [1.807, 2.05) is 16.8 Å². The first-order chi connectivity index (χ1) is 18.3. The fourth-order valence-corrected chi connectivity index (χ4v) is 4.56. The van der Waals surface area contributed by atoms with Gasteiger partial charge in [-0.2, -0.15) is 10.2 Å². The van der Waals surface area contributed by atoms with E-state index in [2.05, 4.69) is 46.8 Å². The number of nitrogens with zero attached hydrogens (tertiary/aromatic N) is 5. The molecule has 4 rings (SSSR count). The molecule has 1 aliphatic rings. The van der Waals surface area contributed by atoms with Crippen LogP contribution in [-0.4, -0.2) is 66.3 Å². The molecule has 39 heavy (non-hydrogen) atoms. The molecule has 1 saturated carbocycles. The smallest absolute Gasteiger partial charge is 0.407 e. The lowest BCUT2D eigenvalue weighted by Gasteiger charge is -2.23. The highest BCUT2D eigenvalue weighted by molar-refractivity contribution is 5.93. The lowest BCUT2D eigenvalue weighted by Crippen LogP contribution is -2.34. The summed E-state index contributed by atoms with van der Waals surface area (Å²) in [5, 5.41) is 28.1. The number of aliphatic hydroxyl groups excluding tert-OH is 1. The lowest BCUT2D eigenvalue weighted by atomic mass is 10.0. The summed E-state index contributed by atoms with van der Waals surface area (Å²) in [5.74, 6) is 1.09. The van der Waals surface area contributed by atoms with Crippen LogP contribution in [0.1, 0.15) is 89.3 Å². The van der Waals surface area contributed by atoms with Crippen molar-refractivity contribution in [2.24, 2.45) is 0 Å². The number of aliphatic hydroxyl groups is 1. The van der Waals surface area contributed by atoms with Crippen LogP contribution in [0.4, 0.5) is 16.4 Å². The SMILES string of the molecule is CC(C)(C)OC(=O)NCCCNC(=O)c1cn2nccc2c(Nc2cc([C@H]3CC[C@@H](O)C3)nn2C(C)(C)C)n1. The van der Waals surface area contributed by atoms with E-state index in [-0.39, 0.29) is 29.2 Å². The molecule has 0 saturated heterocycles. The van der Waals surface area contributed by atoms with Crippen molar-refractivity contribution in [1.29, 1.82) is 0 Å². The predicted octanol–water partition coefficient (Wildman–Crippen LogP) is 3.70. The summed E-state index contributed by atoms with van der Waals surface area (Å²) in [7, 11) is 0. The van der Waals surface area contributed by atoms with E-state index < -0.39 is 11.7 Å². The number of amides is 2. The maximum absolute atomic E-state index is 12.9. The molecule has 3 aromatic heterocycles. The second-order valence-electron chi connectivity index (χ2n) is 12.0. The van der Waals surface area contributed by atoms with Crippen LogP contribution in [0.15, 0.2) is 24.5 Å². The first-order valence-corrected chi connectivity index (χ1v) is 13.4. The number of anilines is 2. The fourth-order valence-electron chi connectivity index (χ4n) is 4.56. The number of ether oxygens (including phenoxy) is 1. The summed E-state index contributed by atoms with van der Waals surface area (Å²) in [6, 6.07) is 3.83. The molecule has 3 heterocycles. The van der Waals surface area contributed by atoms with Gasteiger partial charge in [0, 0.05) is 25.1 Å². The number of hydrogen-bond acceptors (Lipinski definition) is 8. The van der Waals surface area contributed by atoms with Crippen LogP contribution >= 0.6 is 0 Å². The standard InChI is InChI=1S/C27H40N8O4/c1-26(2,3)35-22(15-19(33-35)17-8-9-18(36)14-17)32-23-21-10-13-30-34(21)16-20(31-23)24(37)28-11-7-12-29-25(38)39-27(4,5)6/h10,13,15-18,36H,7-9,11-12,14H2,1-6H3,(H,28,37)(H,29,38)(H,31,32)/t17-,18+/m0/s1. The number of nitrogens with one attached hydrogen (secondary N) is 3. The fraction of sp³-hybridized carbons (Fsp3) is 0.593. The molecular formula is C27H40N8O4. The Morgan fingerprint density at radius 1 is 1.13 bits per heavy atom. The number of hydrogen-bond donors (Lipinski definition) is 4. The van der Waals surface area contributed by atoms with Crippen molar-refractivity contribution in [1.82, 2.24) is 35.0 Å². The van der Waals surface area contributed by atoms with Crippen LogP contribution in [0, 0.1) is 0 Å². The summed E-state index contributed by atoms with van der Waals surface area (Å²) in [6.45, 7) is 12.3. The molecule has 0 unspecified atom stereocenters. The van der Waals surface area contributed by atoms with Gasteiger partial charge in [-0.05, 0) is 73.3 Å². The Bertz CT molecular complexity index is 1320. The molecule has 0 bridgehead atoms. The van der Waals surface area contributed by atoms with Gasteiger partial charge in [0.25, 0.3) is 5.91 Å². The minimum absolute atomic E-state index is 0.203. The molecule has 0 radical (unpaired) electrons. The van der Waals surface area contributed by atoms with Crippen molar-refractivity contribution in [2.45, 2.75) is 90.4 Å². The molecule has 2 amide bonds. The molecule has 0 spiro atoms. The highest BCUT2D eigenvalue weighted by atomic mass is 16.6. The van der Waals surface area contributed by atoms with Gasteiger partial charge >= 0.3 is 6.09 Å². The Balaban J connectivity index is 1.47. The molecule has 2 atom stereocenters. The van der Waals surface area contributed by atoms with Crippen molar-refractivity contribution in [3.05, 3.63) is 35.9 Å². The minimum atomic E-state index is -0.563. The second kappa shape index (κ2) is 11.2. The Hall–Kier alpha value is -3.67. The van der Waals surface area contributed by atoms with Gasteiger partial charge in [-0.1, -0.05) is 0 Å². The zero-order valence-corrected chi connectivity index (χ0v) is 23.6. The van der Waals surface area contributed by atoms with Crippen LogP contribution < -0.4 is 16.0 Å². The zero-order chi connectivity index (χ0) is 28.4. The summed E-state index contributed by atoms with van der Waals surface area (Å²) in [5.41, 5.74) is 0.979. The molecule has 0 aliphatic heterocycles. The first-order valence-electron chi connectivity index (χ1n) is 13.4. The van der Waals surface area contributed by atoms with E-state index >= 15 is 0 Å². The van der Waals surface area contributed by atoms with Gasteiger partial charge in [0.2, 0.25) is 0 Å². The van der Waals surface area contributed by atoms with Gasteiger partial charge < -0.3 is 25.8 Å². The summed E-state index contributed by atoms with van der Waals surface area (Å²) in [6.07, 6.45) is 5.37. The van der Waals surface area contributed by atoms with E-state index in [4.69, 9.17) is 9.84 Å². The van der Waals surface area contributed by atoms with Gasteiger partial charge in [0.1, 0.15) is 22.6 Å². The highest BCUT2D eigenvalue weighted by Gasteiger charge is 2.29. The predicted molar refractivity (Wildman–Crippen MR) is 147 cm³/mol. The second-order valence-corrected chi connectivity index (χ2v) is 12.0. The van der Waals surface area contributed by atoms with Crippen LogP contribution in [0.25, 0.3) is 5.52 Å². The third-order valence-electron chi connectivity index (χ3n) is 6.36. The first kappa shape index (κ1) is 28.3. The molecule has 1 aliphatic carbocycles. The van der Waals surface area contributed by atoms with Gasteiger partial charge in [-0.15, -0.1) is 0 Å². The maximum Gasteiger partial charge on any atom is 0.407 e. The van der Waals surface area contributed by atoms with Gasteiger partial charge in [-0.25, -0.2) is 19.0 Å². The Kier molecular flexibility index (Phi) is 8.15. The lowest BCUT2D eigenvalue weighted by molar-refractivity contribution is 0.0527. The third-order valence-corrected chi connectivity index (χ3v) is 6.36. The maximum atomic E-state index is 12.9. The quantitative estimate of drug-likeness (QED) is 0.316. The van der Waals surface area contributed by atoms with E-state index in [9.17, 15) is 14.7 Å². The van der Waals surface area contributed by atoms with Crippen LogP contribution in [0.5, 0.6) is 0 Å². The van der Waals surface area contributed by atoms with Gasteiger partial charge in [0.05, 0.1) is 29.7 Å². The number of aromatic nitrogens is 5. The summed E-state index contributed by atoms with van der Waals surface area (Å²) < 4.78 is 8.75. The third kappa shape index (κ3) is 7.25. The molecule has 12 heteroatoms. The number of rotatable bonds is 8. The Morgan fingerprint density at radius 3 is 2.54 bits per heavy atom. The summed E-state index contributed by atoms with van der Waals surface area (Å²) >= 11 is 0. The monoisotopic (exact) mass is 540 g/mol. The van der Waals surface area contributed by atoms with Crippen LogP contribution in [-0.2, 0) is 10.3 Å². The number of fused-ring (bicyclic) bond motifs is 1. The van der Waals surface area contributed by atoms with E-state index in [0.717, 1.165) is 24.4 Å². The topological polar surface area (TPSA) is 148 Å². The average Bonchev–Trinajstić information content (AvgIpc) is 3.56. The number of carbonyl (C=O) groups excluding carboxylic acids is 2. The highest BCUT2D eigenvalue weighted by Crippen LogP contribution is 2.36. The zero-order valence-electron chi connectivity index (χ0n) is 23.6. The van der Waals surface area contributed by atoms with Gasteiger partial charge in [0.15, 0.2) is 5.82 Å². The molecule has 1 fully saturated rings. The molecule has 3 aromatic rings. The van der Waals surface area contributed by atoms with Crippen molar-refractivity contribution in [3.63, 3.8) is 0 Å². The molecule has 4 N–H and O–H groups in total. The normalized spacial score (nSPS) is 17.8. The van der Waals surface area contributed by atoms with Crippen molar-refractivity contribution < 1.29 is 19.4 Å². The summed E-state index contributed by atoms with van der Waals surface area (Å²) in [4.78, 5) is 29.3. The molecular weight excluding hydrogens is 500 g/mol. The van der Waals surface area contributed by atoms with E-state index in [1.165, 1.54) is 0 Å². The molecule has 0 aromatic carbocycles. The van der Waals surface area contributed by atoms with Crippen LogP contribution in [0.3, 0.4) is 0 Å². The van der Waals surface area contributed by atoms with Crippen LogP contribution in [0.2, 0.25) is 0 Å². The molecule has 12 nitrogen and oxygen atoms in total. The number of alkyl carbamates (subject to hydrolysis) is 1. The van der Waals surface area contributed by atoms with Crippen molar-refractivity contribution >= 4 is 29.2 Å². The Labute approximate surface area is 228 Å². The number of carbonyl (C=O) groups is 2. The minimum Gasteiger partial charge on any atom is -0.444 e. The van der Waals surface area contributed by atoms with E-state index in [0.29, 0.717) is 37.3 Å². The van der Waals surface area contributed by atoms with Gasteiger partial charge in [-0.3, -0.25) is 4.79 Å². The average molecular weight is 541 g/mol.